The number of likely N-dealkylation sites (N-methyl/N-ethyl adjacent to an activating group) is 1. The lowest BCUT2D eigenvalue weighted by atomic mass is 9.68. The molecule has 1 aromatic carbocycles. The first-order valence-electron chi connectivity index (χ1n) is 10.4. The Balaban J connectivity index is 1.46. The van der Waals surface area contributed by atoms with Gasteiger partial charge in [0.1, 0.15) is 5.82 Å². The lowest BCUT2D eigenvalue weighted by Crippen LogP contribution is -2.52. The van der Waals surface area contributed by atoms with Crippen LogP contribution in [-0.4, -0.2) is 53.4 Å². The van der Waals surface area contributed by atoms with Gasteiger partial charge in [-0.15, -0.1) is 0 Å². The molecule has 1 unspecified atom stereocenters. The van der Waals surface area contributed by atoms with E-state index in [9.17, 15) is 4.79 Å². The van der Waals surface area contributed by atoms with Gasteiger partial charge in [0.15, 0.2) is 0 Å². The normalized spacial score (nSPS) is 22.3. The zero-order valence-corrected chi connectivity index (χ0v) is 16.7. The number of benzene rings is 1. The van der Waals surface area contributed by atoms with Crippen molar-refractivity contribution in [3.8, 4) is 0 Å². The number of piperidine rings is 2. The molecule has 0 radical (unpaired) electrons. The number of hydrogen-bond donors (Lipinski definition) is 1. The smallest absolute Gasteiger partial charge is 0.254 e. The number of pyridine rings is 1. The summed E-state index contributed by atoms with van der Waals surface area (Å²) in [7, 11) is 0. The quantitative estimate of drug-likeness (QED) is 0.889. The van der Waals surface area contributed by atoms with Crippen molar-refractivity contribution in [2.75, 3.05) is 38.5 Å². The molecule has 28 heavy (non-hydrogen) atoms. The summed E-state index contributed by atoms with van der Waals surface area (Å²) in [6.07, 6.45) is 4.97. The number of amides is 1. The van der Waals surface area contributed by atoms with Crippen LogP contribution < -0.4 is 5.73 Å². The molecule has 1 amide bonds. The monoisotopic (exact) mass is 378 g/mol. The molecule has 2 aliphatic rings. The van der Waals surface area contributed by atoms with Crippen LogP contribution >= 0.6 is 0 Å². The highest BCUT2D eigenvalue weighted by atomic mass is 16.2. The molecule has 5 heteroatoms. The minimum atomic E-state index is 0.0757. The second-order valence-electron chi connectivity index (χ2n) is 8.40. The maximum atomic E-state index is 12.9. The summed E-state index contributed by atoms with van der Waals surface area (Å²) in [6, 6.07) is 14.4. The topological polar surface area (TPSA) is 62.5 Å². The van der Waals surface area contributed by atoms with E-state index in [1.807, 2.05) is 4.90 Å². The fraction of sp³-hybridized carbons (Fsp3) is 0.478. The Bertz CT molecular complexity index is 814. The molecule has 2 aliphatic heterocycles. The van der Waals surface area contributed by atoms with E-state index in [1.165, 1.54) is 12.0 Å². The molecular weight excluding hydrogens is 348 g/mol. The molecular formula is C23H30N4O. The summed E-state index contributed by atoms with van der Waals surface area (Å²) in [4.78, 5) is 21.4. The predicted molar refractivity (Wildman–Crippen MR) is 112 cm³/mol. The number of rotatable bonds is 3. The highest BCUT2D eigenvalue weighted by Gasteiger charge is 2.42. The molecule has 1 spiro atoms. The minimum absolute atomic E-state index is 0.0757. The van der Waals surface area contributed by atoms with E-state index in [4.69, 9.17) is 5.73 Å². The lowest BCUT2D eigenvalue weighted by Gasteiger charge is -2.50. The van der Waals surface area contributed by atoms with E-state index in [-0.39, 0.29) is 5.91 Å². The third-order valence-corrected chi connectivity index (χ3v) is 6.57. The van der Waals surface area contributed by atoms with Crippen molar-refractivity contribution in [2.45, 2.75) is 32.1 Å². The Morgan fingerprint density at radius 3 is 2.64 bits per heavy atom. The van der Waals surface area contributed by atoms with E-state index in [0.29, 0.717) is 22.7 Å². The van der Waals surface area contributed by atoms with Gasteiger partial charge in [-0.3, -0.25) is 4.79 Å². The van der Waals surface area contributed by atoms with Crippen molar-refractivity contribution in [1.82, 2.24) is 14.8 Å². The van der Waals surface area contributed by atoms with Crippen molar-refractivity contribution >= 4 is 11.7 Å². The zero-order valence-electron chi connectivity index (χ0n) is 16.7. The number of nitrogens with zero attached hydrogens (tertiary/aromatic N) is 3. The van der Waals surface area contributed by atoms with Crippen molar-refractivity contribution in [2.24, 2.45) is 5.41 Å². The number of carbonyl (C=O) groups excluding carboxylic acids is 1. The Morgan fingerprint density at radius 2 is 1.96 bits per heavy atom. The molecule has 0 saturated carbocycles. The molecule has 2 aromatic rings. The van der Waals surface area contributed by atoms with Crippen LogP contribution in [0.2, 0.25) is 0 Å². The van der Waals surface area contributed by atoms with Gasteiger partial charge in [0.25, 0.3) is 5.91 Å². The van der Waals surface area contributed by atoms with Crippen LogP contribution in [0.5, 0.6) is 0 Å². The maximum absolute atomic E-state index is 12.9. The number of nitrogens with two attached hydrogens (primary N) is 1. The van der Waals surface area contributed by atoms with Crippen LogP contribution in [-0.2, 0) is 0 Å². The highest BCUT2D eigenvalue weighted by Crippen LogP contribution is 2.45. The van der Waals surface area contributed by atoms with Crippen LogP contribution in [0, 0.1) is 5.41 Å². The molecule has 148 valence electrons. The van der Waals surface area contributed by atoms with Gasteiger partial charge < -0.3 is 15.5 Å². The number of nitrogen functional groups attached to an aromatic ring is 1. The largest absolute Gasteiger partial charge is 0.384 e. The van der Waals surface area contributed by atoms with Gasteiger partial charge in [0, 0.05) is 37.9 Å². The Hall–Kier alpha value is -2.40. The van der Waals surface area contributed by atoms with Crippen LogP contribution in [0.1, 0.15) is 48.0 Å². The van der Waals surface area contributed by atoms with Crippen LogP contribution in [0.25, 0.3) is 0 Å². The minimum Gasteiger partial charge on any atom is -0.384 e. The first kappa shape index (κ1) is 18.9. The molecule has 2 fully saturated rings. The highest BCUT2D eigenvalue weighted by molar-refractivity contribution is 5.94. The van der Waals surface area contributed by atoms with Gasteiger partial charge in [-0.05, 0) is 54.8 Å². The van der Waals surface area contributed by atoms with E-state index >= 15 is 0 Å². The van der Waals surface area contributed by atoms with Crippen molar-refractivity contribution < 1.29 is 4.79 Å². The summed E-state index contributed by atoms with van der Waals surface area (Å²) >= 11 is 0. The Labute approximate surface area is 167 Å². The number of hydrogen-bond acceptors (Lipinski definition) is 4. The number of likely N-dealkylation sites (tertiary alicyclic amines) is 2. The molecule has 0 aliphatic carbocycles. The standard InChI is InChI=1S/C23H30N4O/c1-2-26-16-20(18-6-4-3-5-7-18)15-23(17-26)9-12-27(13-10-23)22(28)19-8-11-25-21(24)14-19/h3-8,11,14,20H,2,9-10,12-13,15-17H2,1H3,(H2,24,25). The fourth-order valence-electron chi connectivity index (χ4n) is 5.00. The van der Waals surface area contributed by atoms with Crippen LogP contribution in [0.3, 0.4) is 0 Å². The van der Waals surface area contributed by atoms with E-state index < -0.39 is 0 Å². The van der Waals surface area contributed by atoms with Crippen molar-refractivity contribution in [3.63, 3.8) is 0 Å². The SMILES string of the molecule is CCN1CC(c2ccccc2)CC2(CCN(C(=O)c3ccnc(N)c3)CC2)C1. The van der Waals surface area contributed by atoms with Gasteiger partial charge in [0.05, 0.1) is 0 Å². The summed E-state index contributed by atoms with van der Waals surface area (Å²) in [5, 5.41) is 0. The number of anilines is 1. The summed E-state index contributed by atoms with van der Waals surface area (Å²) < 4.78 is 0. The Kier molecular flexibility index (Phi) is 5.36. The van der Waals surface area contributed by atoms with Crippen molar-refractivity contribution in [1.29, 1.82) is 0 Å². The summed E-state index contributed by atoms with van der Waals surface area (Å²) in [6.45, 7) is 7.27. The second kappa shape index (κ2) is 7.92. The second-order valence-corrected chi connectivity index (χ2v) is 8.40. The van der Waals surface area contributed by atoms with Crippen molar-refractivity contribution in [3.05, 3.63) is 59.8 Å². The van der Waals surface area contributed by atoms with Crippen LogP contribution in [0.15, 0.2) is 48.7 Å². The average Bonchev–Trinajstić information content (AvgIpc) is 2.74. The number of carbonyl (C=O) groups is 1. The van der Waals surface area contributed by atoms with E-state index in [2.05, 4.69) is 47.1 Å². The molecule has 2 N–H and O–H groups in total. The van der Waals surface area contributed by atoms with E-state index in [0.717, 1.165) is 45.6 Å². The van der Waals surface area contributed by atoms with Gasteiger partial charge in [0.2, 0.25) is 0 Å². The fourth-order valence-corrected chi connectivity index (χ4v) is 5.00. The van der Waals surface area contributed by atoms with Crippen LogP contribution in [0.4, 0.5) is 5.82 Å². The molecule has 1 aromatic heterocycles. The summed E-state index contributed by atoms with van der Waals surface area (Å²) in [5.41, 5.74) is 8.15. The zero-order chi connectivity index (χ0) is 19.6. The average molecular weight is 379 g/mol. The molecule has 4 rings (SSSR count). The van der Waals surface area contributed by atoms with Gasteiger partial charge in [-0.1, -0.05) is 37.3 Å². The molecule has 0 bridgehead atoms. The molecule has 1 atom stereocenters. The molecule has 2 saturated heterocycles. The number of aromatic nitrogens is 1. The Morgan fingerprint density at radius 1 is 1.21 bits per heavy atom. The first-order valence-corrected chi connectivity index (χ1v) is 10.4. The maximum Gasteiger partial charge on any atom is 0.254 e. The first-order chi connectivity index (χ1) is 13.6. The lowest BCUT2D eigenvalue weighted by molar-refractivity contribution is 0.0158. The molecule has 3 heterocycles. The van der Waals surface area contributed by atoms with Gasteiger partial charge >= 0.3 is 0 Å². The predicted octanol–water partition coefficient (Wildman–Crippen LogP) is 3.40. The van der Waals surface area contributed by atoms with Gasteiger partial charge in [-0.25, -0.2) is 4.98 Å². The molecule has 5 nitrogen and oxygen atoms in total. The van der Waals surface area contributed by atoms with Gasteiger partial charge in [-0.2, -0.15) is 0 Å². The summed E-state index contributed by atoms with van der Waals surface area (Å²) in [5.74, 6) is 1.06. The third-order valence-electron chi connectivity index (χ3n) is 6.57. The van der Waals surface area contributed by atoms with E-state index in [1.54, 1.807) is 18.3 Å². The third kappa shape index (κ3) is 3.90.